The minimum absolute atomic E-state index is 0.122. The van der Waals surface area contributed by atoms with Crippen LogP contribution >= 0.6 is 0 Å². The monoisotopic (exact) mass is 419 g/mol. The van der Waals surface area contributed by atoms with Crippen LogP contribution < -0.4 is 10.5 Å². The van der Waals surface area contributed by atoms with Crippen molar-refractivity contribution in [1.29, 1.82) is 0 Å². The van der Waals surface area contributed by atoms with Gasteiger partial charge in [0.1, 0.15) is 11.6 Å². The van der Waals surface area contributed by atoms with Crippen molar-refractivity contribution in [2.75, 3.05) is 18.0 Å². The van der Waals surface area contributed by atoms with Gasteiger partial charge in [-0.25, -0.2) is 9.07 Å². The minimum Gasteiger partial charge on any atom is -0.355 e. The fourth-order valence-electron chi connectivity index (χ4n) is 4.00. The van der Waals surface area contributed by atoms with Gasteiger partial charge in [0.05, 0.1) is 5.69 Å². The van der Waals surface area contributed by atoms with E-state index in [4.69, 9.17) is 0 Å². The third kappa shape index (κ3) is 3.90. The summed E-state index contributed by atoms with van der Waals surface area (Å²) in [6, 6.07) is 13.3. The molecule has 3 aromatic heterocycles. The van der Waals surface area contributed by atoms with Gasteiger partial charge in [0.25, 0.3) is 5.56 Å². The first kappa shape index (κ1) is 19.3. The molecule has 1 fully saturated rings. The predicted molar refractivity (Wildman–Crippen MR) is 114 cm³/mol. The van der Waals surface area contributed by atoms with Crippen LogP contribution in [-0.2, 0) is 6.54 Å². The van der Waals surface area contributed by atoms with Crippen LogP contribution in [0.2, 0.25) is 0 Å². The quantitative estimate of drug-likeness (QED) is 0.506. The van der Waals surface area contributed by atoms with Gasteiger partial charge in [-0.3, -0.25) is 4.79 Å². The molecule has 5 rings (SSSR count). The molecule has 8 nitrogen and oxygen atoms in total. The van der Waals surface area contributed by atoms with Crippen LogP contribution in [0, 0.1) is 18.7 Å². The first-order chi connectivity index (χ1) is 15.1. The molecule has 4 heterocycles. The van der Waals surface area contributed by atoms with Crippen molar-refractivity contribution in [2.24, 2.45) is 5.92 Å². The maximum atomic E-state index is 13.2. The third-order valence-electron chi connectivity index (χ3n) is 5.78. The Kier molecular flexibility index (Phi) is 4.93. The van der Waals surface area contributed by atoms with Crippen molar-refractivity contribution in [3.8, 4) is 11.3 Å². The van der Waals surface area contributed by atoms with Crippen LogP contribution in [0.25, 0.3) is 16.9 Å². The molecular formula is C22H22FN7O. The summed E-state index contributed by atoms with van der Waals surface area (Å²) in [5, 5.41) is 17.3. The van der Waals surface area contributed by atoms with Crippen LogP contribution in [0.3, 0.4) is 0 Å². The van der Waals surface area contributed by atoms with Crippen LogP contribution in [0.4, 0.5) is 10.2 Å². The highest BCUT2D eigenvalue weighted by molar-refractivity contribution is 5.57. The molecule has 0 amide bonds. The van der Waals surface area contributed by atoms with E-state index in [2.05, 4.69) is 25.3 Å². The summed E-state index contributed by atoms with van der Waals surface area (Å²) in [7, 11) is 0. The maximum Gasteiger partial charge on any atom is 0.266 e. The number of aromatic nitrogens is 6. The van der Waals surface area contributed by atoms with Crippen LogP contribution in [0.5, 0.6) is 0 Å². The number of hydrogen-bond acceptors (Lipinski definition) is 6. The van der Waals surface area contributed by atoms with E-state index in [9.17, 15) is 9.18 Å². The molecule has 0 unspecified atom stereocenters. The number of halogens is 1. The van der Waals surface area contributed by atoms with E-state index in [0.717, 1.165) is 48.8 Å². The molecule has 0 aliphatic carbocycles. The number of anilines is 1. The van der Waals surface area contributed by atoms with Gasteiger partial charge in [-0.2, -0.15) is 9.61 Å². The highest BCUT2D eigenvalue weighted by Gasteiger charge is 2.22. The van der Waals surface area contributed by atoms with E-state index < -0.39 is 0 Å². The largest absolute Gasteiger partial charge is 0.355 e. The van der Waals surface area contributed by atoms with E-state index in [0.29, 0.717) is 18.2 Å². The number of hydrogen-bond donors (Lipinski definition) is 0. The molecular weight excluding hydrogens is 397 g/mol. The molecule has 158 valence electrons. The number of nitrogens with zero attached hydrogens (tertiary/aromatic N) is 7. The second-order valence-corrected chi connectivity index (χ2v) is 7.88. The summed E-state index contributed by atoms with van der Waals surface area (Å²) in [6.07, 6.45) is 1.88. The van der Waals surface area contributed by atoms with Gasteiger partial charge in [-0.1, -0.05) is 0 Å². The van der Waals surface area contributed by atoms with Crippen molar-refractivity contribution in [3.05, 3.63) is 70.5 Å². The summed E-state index contributed by atoms with van der Waals surface area (Å²) < 4.78 is 16.5. The second-order valence-electron chi connectivity index (χ2n) is 7.88. The number of aryl methyl sites for hydroxylation is 1. The van der Waals surface area contributed by atoms with Crippen LogP contribution in [-0.4, -0.2) is 42.7 Å². The highest BCUT2D eigenvalue weighted by atomic mass is 19.1. The normalized spacial score (nSPS) is 15.0. The topological polar surface area (TPSA) is 81.2 Å². The summed E-state index contributed by atoms with van der Waals surface area (Å²) >= 11 is 0. The standard InChI is InChI=1S/C22H22FN7O/c1-15-24-25-20-7-8-21(27-30(15)20)28-12-10-16(11-13-28)14-29-22(31)9-6-19(26-29)17-2-4-18(23)5-3-17/h2-9,16H,10-14H2,1H3. The summed E-state index contributed by atoms with van der Waals surface area (Å²) in [5.74, 6) is 1.72. The Morgan fingerprint density at radius 3 is 2.52 bits per heavy atom. The Morgan fingerprint density at radius 1 is 0.968 bits per heavy atom. The Bertz CT molecular complexity index is 1270. The number of piperidine rings is 1. The molecule has 0 radical (unpaired) electrons. The Labute approximate surface area is 178 Å². The maximum absolute atomic E-state index is 13.2. The highest BCUT2D eigenvalue weighted by Crippen LogP contribution is 2.23. The third-order valence-corrected chi connectivity index (χ3v) is 5.78. The van der Waals surface area contributed by atoms with Gasteiger partial charge in [-0.15, -0.1) is 15.3 Å². The van der Waals surface area contributed by atoms with E-state index in [1.807, 2.05) is 19.1 Å². The van der Waals surface area contributed by atoms with Crippen molar-refractivity contribution in [1.82, 2.24) is 29.6 Å². The van der Waals surface area contributed by atoms with Gasteiger partial charge in [-0.05, 0) is 68.1 Å². The zero-order valence-corrected chi connectivity index (χ0v) is 17.1. The summed E-state index contributed by atoms with van der Waals surface area (Å²) in [5.41, 5.74) is 2.07. The molecule has 4 aromatic rings. The zero-order chi connectivity index (χ0) is 21.4. The first-order valence-corrected chi connectivity index (χ1v) is 10.3. The summed E-state index contributed by atoms with van der Waals surface area (Å²) in [6.45, 7) is 4.17. The Morgan fingerprint density at radius 2 is 1.74 bits per heavy atom. The Hall–Kier alpha value is -3.62. The van der Waals surface area contributed by atoms with E-state index >= 15 is 0 Å². The lowest BCUT2D eigenvalue weighted by Crippen LogP contribution is -2.37. The molecule has 1 aliphatic heterocycles. The lowest BCUT2D eigenvalue weighted by Gasteiger charge is -2.32. The molecule has 0 saturated carbocycles. The lowest BCUT2D eigenvalue weighted by molar-refractivity contribution is 0.334. The van der Waals surface area contributed by atoms with Gasteiger partial charge in [0.15, 0.2) is 11.5 Å². The van der Waals surface area contributed by atoms with Gasteiger partial charge in [0.2, 0.25) is 0 Å². The Balaban J connectivity index is 1.28. The van der Waals surface area contributed by atoms with Crippen molar-refractivity contribution < 1.29 is 4.39 Å². The minimum atomic E-state index is -0.295. The van der Waals surface area contributed by atoms with Gasteiger partial charge >= 0.3 is 0 Å². The molecule has 0 atom stereocenters. The molecule has 1 aliphatic rings. The van der Waals surface area contributed by atoms with Crippen LogP contribution in [0.15, 0.2) is 53.3 Å². The molecule has 31 heavy (non-hydrogen) atoms. The molecule has 0 bridgehead atoms. The number of fused-ring (bicyclic) bond motifs is 1. The second kappa shape index (κ2) is 7.90. The summed E-state index contributed by atoms with van der Waals surface area (Å²) in [4.78, 5) is 14.6. The average Bonchev–Trinajstić information content (AvgIpc) is 3.16. The average molecular weight is 419 g/mol. The molecule has 1 saturated heterocycles. The molecule has 9 heteroatoms. The SMILES string of the molecule is Cc1nnc2ccc(N3CCC(Cn4nc(-c5ccc(F)cc5)ccc4=O)CC3)nn12. The molecule has 0 N–H and O–H groups in total. The van der Waals surface area contributed by atoms with E-state index in [1.165, 1.54) is 22.9 Å². The number of benzene rings is 1. The fourth-order valence-corrected chi connectivity index (χ4v) is 4.00. The molecule has 1 aromatic carbocycles. The van der Waals surface area contributed by atoms with E-state index in [-0.39, 0.29) is 11.4 Å². The predicted octanol–water partition coefficient (Wildman–Crippen LogP) is 2.71. The smallest absolute Gasteiger partial charge is 0.266 e. The van der Waals surface area contributed by atoms with Gasteiger partial charge < -0.3 is 4.90 Å². The van der Waals surface area contributed by atoms with Crippen molar-refractivity contribution >= 4 is 11.5 Å². The lowest BCUT2D eigenvalue weighted by atomic mass is 9.97. The van der Waals surface area contributed by atoms with Crippen molar-refractivity contribution in [3.63, 3.8) is 0 Å². The zero-order valence-electron chi connectivity index (χ0n) is 17.1. The van der Waals surface area contributed by atoms with E-state index in [1.54, 1.807) is 22.7 Å². The fraction of sp³-hybridized carbons (Fsp3) is 0.318. The first-order valence-electron chi connectivity index (χ1n) is 10.3. The van der Waals surface area contributed by atoms with Crippen molar-refractivity contribution in [2.45, 2.75) is 26.3 Å². The van der Waals surface area contributed by atoms with Crippen LogP contribution in [0.1, 0.15) is 18.7 Å². The number of rotatable bonds is 4. The molecule has 0 spiro atoms. The van der Waals surface area contributed by atoms with Gasteiger partial charge in [0, 0.05) is 31.3 Å².